The van der Waals surface area contributed by atoms with Gasteiger partial charge in [-0.1, -0.05) is 19.9 Å². The van der Waals surface area contributed by atoms with Gasteiger partial charge in [-0.15, -0.1) is 0 Å². The van der Waals surface area contributed by atoms with Crippen LogP contribution in [0.25, 0.3) is 0 Å². The van der Waals surface area contributed by atoms with Gasteiger partial charge in [0.1, 0.15) is 17.1 Å². The lowest BCUT2D eigenvalue weighted by Crippen LogP contribution is -2.40. The van der Waals surface area contributed by atoms with Crippen molar-refractivity contribution in [1.29, 1.82) is 0 Å². The zero-order valence-corrected chi connectivity index (χ0v) is 15.3. The number of carbonyl (C=O) groups excluding carboxylic acids is 1. The van der Waals surface area contributed by atoms with Gasteiger partial charge in [0.2, 0.25) is 0 Å². The average Bonchev–Trinajstić information content (AvgIpc) is 2.56. The van der Waals surface area contributed by atoms with E-state index in [1.54, 1.807) is 26.4 Å². The molecule has 1 aromatic carbocycles. The van der Waals surface area contributed by atoms with E-state index in [4.69, 9.17) is 9.47 Å². The van der Waals surface area contributed by atoms with Crippen LogP contribution in [-0.2, 0) is 0 Å². The van der Waals surface area contributed by atoms with Gasteiger partial charge in [-0.05, 0) is 43.4 Å². The molecule has 1 aromatic rings. The summed E-state index contributed by atoms with van der Waals surface area (Å²) in [5.41, 5.74) is 0.461. The summed E-state index contributed by atoms with van der Waals surface area (Å²) >= 11 is 0. The molecule has 0 bridgehead atoms. The van der Waals surface area contributed by atoms with Gasteiger partial charge >= 0.3 is 0 Å². The number of amides is 1. The number of likely N-dealkylation sites (tertiary alicyclic amines) is 1. The average molecular weight is 334 g/mol. The van der Waals surface area contributed by atoms with Crippen molar-refractivity contribution in [3.05, 3.63) is 23.8 Å². The van der Waals surface area contributed by atoms with Crippen molar-refractivity contribution in [3.63, 3.8) is 0 Å². The third-order valence-corrected chi connectivity index (χ3v) is 4.54. The molecule has 5 nitrogen and oxygen atoms in total. The molecular weight excluding hydrogens is 304 g/mol. The molecule has 0 unspecified atom stereocenters. The van der Waals surface area contributed by atoms with Crippen LogP contribution >= 0.6 is 0 Å². The maximum absolute atomic E-state index is 12.5. The third kappa shape index (κ3) is 4.87. The molecule has 1 fully saturated rings. The number of ether oxygens (including phenoxy) is 2. The number of benzene rings is 1. The molecule has 134 valence electrons. The maximum atomic E-state index is 12.5. The normalized spacial score (nSPS) is 21.3. The minimum absolute atomic E-state index is 0.148. The van der Waals surface area contributed by atoms with Crippen LogP contribution in [0.2, 0.25) is 0 Å². The molecule has 1 aliphatic heterocycles. The van der Waals surface area contributed by atoms with Crippen LogP contribution in [0, 0.1) is 11.8 Å². The third-order valence-electron chi connectivity index (χ3n) is 4.54. The Balaban J connectivity index is 1.83. The van der Waals surface area contributed by atoms with Gasteiger partial charge in [-0.2, -0.15) is 0 Å². The summed E-state index contributed by atoms with van der Waals surface area (Å²) in [4.78, 5) is 15.0. The molecule has 1 saturated heterocycles. The second-order valence-electron chi connectivity index (χ2n) is 6.85. The first-order chi connectivity index (χ1) is 11.5. The second-order valence-corrected chi connectivity index (χ2v) is 6.85. The van der Waals surface area contributed by atoms with Gasteiger partial charge in [-0.3, -0.25) is 4.79 Å². The van der Waals surface area contributed by atoms with E-state index in [2.05, 4.69) is 24.1 Å². The van der Waals surface area contributed by atoms with Crippen molar-refractivity contribution >= 4 is 5.91 Å². The fraction of sp³-hybridized carbons (Fsp3) is 0.632. The minimum Gasteiger partial charge on any atom is -0.496 e. The van der Waals surface area contributed by atoms with E-state index in [1.165, 1.54) is 19.5 Å². The summed E-state index contributed by atoms with van der Waals surface area (Å²) in [7, 11) is 3.12. The smallest absolute Gasteiger partial charge is 0.258 e. The first-order valence-electron chi connectivity index (χ1n) is 8.76. The minimum atomic E-state index is -0.148. The van der Waals surface area contributed by atoms with Crippen LogP contribution in [0.1, 0.15) is 37.0 Å². The molecule has 1 amide bonds. The number of carbonyl (C=O) groups is 1. The van der Waals surface area contributed by atoms with Crippen molar-refractivity contribution in [2.24, 2.45) is 11.8 Å². The van der Waals surface area contributed by atoms with Gasteiger partial charge in [0, 0.05) is 19.6 Å². The number of nitrogens with zero attached hydrogens (tertiary/aromatic N) is 1. The van der Waals surface area contributed by atoms with Crippen molar-refractivity contribution in [2.45, 2.75) is 26.7 Å². The molecule has 2 atom stereocenters. The highest BCUT2D eigenvalue weighted by molar-refractivity contribution is 5.99. The molecule has 2 rings (SSSR count). The molecule has 1 N–H and O–H groups in total. The number of methoxy groups -OCH3 is 2. The topological polar surface area (TPSA) is 50.8 Å². The molecule has 0 aliphatic carbocycles. The van der Waals surface area contributed by atoms with E-state index in [0.717, 1.165) is 24.8 Å². The van der Waals surface area contributed by atoms with E-state index in [0.29, 0.717) is 23.6 Å². The summed E-state index contributed by atoms with van der Waals surface area (Å²) < 4.78 is 10.6. The van der Waals surface area contributed by atoms with Crippen LogP contribution in [-0.4, -0.2) is 51.2 Å². The lowest BCUT2D eigenvalue weighted by atomic mass is 9.92. The molecule has 0 radical (unpaired) electrons. The highest BCUT2D eigenvalue weighted by atomic mass is 16.5. The second kappa shape index (κ2) is 8.92. The van der Waals surface area contributed by atoms with Crippen molar-refractivity contribution < 1.29 is 14.3 Å². The summed E-state index contributed by atoms with van der Waals surface area (Å²) in [5.74, 6) is 2.45. The van der Waals surface area contributed by atoms with Gasteiger partial charge < -0.3 is 19.7 Å². The lowest BCUT2D eigenvalue weighted by Gasteiger charge is -2.34. The zero-order chi connectivity index (χ0) is 17.5. The molecule has 0 saturated carbocycles. The van der Waals surface area contributed by atoms with Crippen LogP contribution < -0.4 is 14.8 Å². The van der Waals surface area contributed by atoms with E-state index >= 15 is 0 Å². The van der Waals surface area contributed by atoms with E-state index in [-0.39, 0.29) is 5.91 Å². The van der Waals surface area contributed by atoms with Crippen molar-refractivity contribution in [1.82, 2.24) is 10.2 Å². The van der Waals surface area contributed by atoms with Gasteiger partial charge in [0.15, 0.2) is 0 Å². The Morgan fingerprint density at radius 1 is 1.17 bits per heavy atom. The maximum Gasteiger partial charge on any atom is 0.258 e. The monoisotopic (exact) mass is 334 g/mol. The fourth-order valence-electron chi connectivity index (χ4n) is 3.64. The largest absolute Gasteiger partial charge is 0.496 e. The highest BCUT2D eigenvalue weighted by Crippen LogP contribution is 2.28. The van der Waals surface area contributed by atoms with Gasteiger partial charge in [0.05, 0.1) is 14.2 Å². The highest BCUT2D eigenvalue weighted by Gasteiger charge is 2.21. The Morgan fingerprint density at radius 3 is 2.29 bits per heavy atom. The molecular formula is C19H30N2O3. The predicted molar refractivity (Wildman–Crippen MR) is 95.9 cm³/mol. The summed E-state index contributed by atoms with van der Waals surface area (Å²) in [6.45, 7) is 8.64. The van der Waals surface area contributed by atoms with E-state index in [1.807, 2.05) is 6.07 Å². The summed E-state index contributed by atoms with van der Waals surface area (Å²) in [6.07, 6.45) is 2.27. The number of nitrogens with one attached hydrogen (secondary N) is 1. The number of piperidine rings is 1. The quantitative estimate of drug-likeness (QED) is 0.779. The molecule has 0 spiro atoms. The Hall–Kier alpha value is -1.75. The van der Waals surface area contributed by atoms with Crippen molar-refractivity contribution in [2.75, 3.05) is 40.4 Å². The van der Waals surface area contributed by atoms with Gasteiger partial charge in [-0.25, -0.2) is 0 Å². The summed E-state index contributed by atoms with van der Waals surface area (Å²) in [5, 5.41) is 2.98. The van der Waals surface area contributed by atoms with E-state index < -0.39 is 0 Å². The number of rotatable bonds is 7. The van der Waals surface area contributed by atoms with Crippen LogP contribution in [0.4, 0.5) is 0 Å². The molecule has 1 aliphatic rings. The lowest BCUT2D eigenvalue weighted by molar-refractivity contribution is 0.0941. The van der Waals surface area contributed by atoms with Crippen LogP contribution in [0.5, 0.6) is 11.5 Å². The first-order valence-corrected chi connectivity index (χ1v) is 8.76. The number of hydrogen-bond donors (Lipinski definition) is 1. The predicted octanol–water partition coefficient (Wildman–Crippen LogP) is 2.80. The van der Waals surface area contributed by atoms with Gasteiger partial charge in [0.25, 0.3) is 5.91 Å². The SMILES string of the molecule is COc1cccc(OC)c1C(=O)NCCCN1C[C@H](C)C[C@@H](C)C1. The molecule has 24 heavy (non-hydrogen) atoms. The Kier molecular flexibility index (Phi) is 6.91. The van der Waals surface area contributed by atoms with E-state index in [9.17, 15) is 4.79 Å². The Labute approximate surface area is 145 Å². The van der Waals surface area contributed by atoms with Crippen molar-refractivity contribution in [3.8, 4) is 11.5 Å². The number of hydrogen-bond acceptors (Lipinski definition) is 4. The van der Waals surface area contributed by atoms with Crippen LogP contribution in [0.3, 0.4) is 0 Å². The standard InChI is InChI=1S/C19H30N2O3/c1-14-11-15(2)13-21(12-14)10-6-9-20-19(22)18-16(23-3)7-5-8-17(18)24-4/h5,7-8,14-15H,6,9-13H2,1-4H3,(H,20,22)/t14-,15-/m1/s1. The van der Waals surface area contributed by atoms with Crippen LogP contribution in [0.15, 0.2) is 18.2 Å². The molecule has 1 heterocycles. The fourth-order valence-corrected chi connectivity index (χ4v) is 3.64. The summed E-state index contributed by atoms with van der Waals surface area (Å²) in [6, 6.07) is 5.36. The zero-order valence-electron chi connectivity index (χ0n) is 15.3. The Bertz CT molecular complexity index is 515. The molecule has 5 heteroatoms. The Morgan fingerprint density at radius 2 is 1.75 bits per heavy atom. The first kappa shape index (κ1) is 18.6. The molecule has 0 aromatic heterocycles.